The van der Waals surface area contributed by atoms with Crippen LogP contribution in [0.25, 0.3) is 0 Å². The SMILES string of the molecule is CC(=O)Oc1ccc(S(=O)(=O)c2ccccc2)cc1. The van der Waals surface area contributed by atoms with Crippen LogP contribution < -0.4 is 4.74 Å². The fourth-order valence-electron chi connectivity index (χ4n) is 1.59. The Morgan fingerprint density at radius 2 is 1.42 bits per heavy atom. The van der Waals surface area contributed by atoms with E-state index in [1.165, 1.54) is 43.3 Å². The number of carbonyl (C=O) groups is 1. The Hall–Kier alpha value is -2.14. The second-order valence-electron chi connectivity index (χ2n) is 3.88. The van der Waals surface area contributed by atoms with Gasteiger partial charge >= 0.3 is 5.97 Å². The Kier molecular flexibility index (Phi) is 3.66. The Bertz CT molecular complexity index is 673. The third-order valence-corrected chi connectivity index (χ3v) is 4.23. The van der Waals surface area contributed by atoms with Gasteiger partial charge in [-0.15, -0.1) is 0 Å². The first-order valence-electron chi connectivity index (χ1n) is 5.59. The van der Waals surface area contributed by atoms with Crippen LogP contribution in [0.15, 0.2) is 64.4 Å². The first-order chi connectivity index (χ1) is 9.00. The van der Waals surface area contributed by atoms with Crippen LogP contribution in [0, 0.1) is 0 Å². The van der Waals surface area contributed by atoms with Crippen molar-refractivity contribution in [1.29, 1.82) is 0 Å². The molecule has 0 N–H and O–H groups in total. The Morgan fingerprint density at radius 1 is 0.895 bits per heavy atom. The molecule has 0 unspecified atom stereocenters. The minimum absolute atomic E-state index is 0.162. The summed E-state index contributed by atoms with van der Waals surface area (Å²) >= 11 is 0. The monoisotopic (exact) mass is 276 g/mol. The van der Waals surface area contributed by atoms with E-state index in [-0.39, 0.29) is 9.79 Å². The van der Waals surface area contributed by atoms with Crippen LogP contribution in [0.3, 0.4) is 0 Å². The standard InChI is InChI=1S/C14H12O4S/c1-11(15)18-12-7-9-14(10-8-12)19(16,17)13-5-3-2-4-6-13/h2-10H,1H3. The second kappa shape index (κ2) is 5.24. The van der Waals surface area contributed by atoms with E-state index in [1.54, 1.807) is 18.2 Å². The van der Waals surface area contributed by atoms with Crippen LogP contribution in [-0.2, 0) is 14.6 Å². The molecule has 0 saturated carbocycles. The quantitative estimate of drug-likeness (QED) is 0.638. The highest BCUT2D eigenvalue weighted by atomic mass is 32.2. The summed E-state index contributed by atoms with van der Waals surface area (Å²) in [5.74, 6) is -0.127. The number of esters is 1. The molecule has 0 radical (unpaired) electrons. The van der Waals surface area contributed by atoms with Gasteiger partial charge < -0.3 is 4.74 Å². The summed E-state index contributed by atoms with van der Waals surface area (Å²) in [7, 11) is -3.52. The van der Waals surface area contributed by atoms with Crippen LogP contribution in [0.2, 0.25) is 0 Å². The van der Waals surface area contributed by atoms with Gasteiger partial charge in [0.1, 0.15) is 5.75 Å². The summed E-state index contributed by atoms with van der Waals surface area (Å²) in [4.78, 5) is 11.2. The highest BCUT2D eigenvalue weighted by Gasteiger charge is 2.16. The molecule has 2 rings (SSSR count). The summed E-state index contributed by atoms with van der Waals surface area (Å²) < 4.78 is 29.4. The van der Waals surface area contributed by atoms with Crippen LogP contribution in [0.1, 0.15) is 6.92 Å². The van der Waals surface area contributed by atoms with Gasteiger partial charge in [-0.3, -0.25) is 4.79 Å². The predicted molar refractivity (Wildman–Crippen MR) is 69.6 cm³/mol. The Morgan fingerprint density at radius 3 is 1.95 bits per heavy atom. The molecule has 0 heterocycles. The second-order valence-corrected chi connectivity index (χ2v) is 5.83. The van der Waals surface area contributed by atoms with Gasteiger partial charge in [0.2, 0.25) is 9.84 Å². The van der Waals surface area contributed by atoms with Crippen molar-refractivity contribution in [2.24, 2.45) is 0 Å². The molecule has 4 nitrogen and oxygen atoms in total. The summed E-state index contributed by atoms with van der Waals surface area (Å²) in [5, 5.41) is 0. The lowest BCUT2D eigenvalue weighted by Crippen LogP contribution is -2.03. The number of hydrogen-bond donors (Lipinski definition) is 0. The average Bonchev–Trinajstić information content (AvgIpc) is 2.40. The summed E-state index contributed by atoms with van der Waals surface area (Å²) in [6.07, 6.45) is 0. The fourth-order valence-corrected chi connectivity index (χ4v) is 2.87. The van der Waals surface area contributed by atoms with Gasteiger partial charge in [0, 0.05) is 6.92 Å². The maximum absolute atomic E-state index is 12.3. The highest BCUT2D eigenvalue weighted by molar-refractivity contribution is 7.91. The molecule has 0 atom stereocenters. The largest absolute Gasteiger partial charge is 0.427 e. The minimum atomic E-state index is -3.52. The molecule has 0 saturated heterocycles. The number of carbonyl (C=O) groups excluding carboxylic acids is 1. The molecule has 0 bridgehead atoms. The molecule has 0 aliphatic carbocycles. The molecule has 0 aromatic heterocycles. The fraction of sp³-hybridized carbons (Fsp3) is 0.0714. The first-order valence-corrected chi connectivity index (χ1v) is 7.07. The summed E-state index contributed by atoms with van der Waals surface area (Å²) in [6.45, 7) is 1.29. The zero-order valence-corrected chi connectivity index (χ0v) is 11.1. The van der Waals surface area contributed by atoms with Crippen molar-refractivity contribution in [3.05, 3.63) is 54.6 Å². The van der Waals surface area contributed by atoms with Gasteiger partial charge in [0.25, 0.3) is 0 Å². The molecule has 2 aromatic carbocycles. The molecule has 0 aliphatic heterocycles. The lowest BCUT2D eigenvalue weighted by atomic mass is 10.3. The first kappa shape index (κ1) is 13.3. The van der Waals surface area contributed by atoms with Crippen molar-refractivity contribution in [3.63, 3.8) is 0 Å². The van der Waals surface area contributed by atoms with Gasteiger partial charge in [0.05, 0.1) is 9.79 Å². The highest BCUT2D eigenvalue weighted by Crippen LogP contribution is 2.22. The van der Waals surface area contributed by atoms with Gasteiger partial charge in [-0.1, -0.05) is 18.2 Å². The number of hydrogen-bond acceptors (Lipinski definition) is 4. The normalized spacial score (nSPS) is 11.0. The lowest BCUT2D eigenvalue weighted by molar-refractivity contribution is -0.131. The maximum Gasteiger partial charge on any atom is 0.308 e. The van der Waals surface area contributed by atoms with E-state index in [0.717, 1.165) is 0 Å². The zero-order chi connectivity index (χ0) is 13.9. The molecule has 19 heavy (non-hydrogen) atoms. The number of ether oxygens (including phenoxy) is 1. The number of benzene rings is 2. The number of sulfone groups is 1. The van der Waals surface area contributed by atoms with Gasteiger partial charge in [0.15, 0.2) is 0 Å². The van der Waals surface area contributed by atoms with E-state index >= 15 is 0 Å². The maximum atomic E-state index is 12.3. The van der Waals surface area contributed by atoms with Crippen molar-refractivity contribution < 1.29 is 17.9 Å². The van der Waals surface area contributed by atoms with Crippen LogP contribution in [0.5, 0.6) is 5.75 Å². The van der Waals surface area contributed by atoms with Crippen LogP contribution in [-0.4, -0.2) is 14.4 Å². The molecular weight excluding hydrogens is 264 g/mol. The van der Waals surface area contributed by atoms with Crippen molar-refractivity contribution >= 4 is 15.8 Å². The number of rotatable bonds is 3. The predicted octanol–water partition coefficient (Wildman–Crippen LogP) is 2.44. The molecule has 0 aliphatic rings. The molecule has 98 valence electrons. The van der Waals surface area contributed by atoms with E-state index in [2.05, 4.69) is 0 Å². The van der Waals surface area contributed by atoms with Gasteiger partial charge in [-0.25, -0.2) is 8.42 Å². The smallest absolute Gasteiger partial charge is 0.308 e. The lowest BCUT2D eigenvalue weighted by Gasteiger charge is -2.05. The summed E-state index contributed by atoms with van der Waals surface area (Å²) in [6, 6.07) is 13.9. The Labute approximate surface area is 111 Å². The molecule has 5 heteroatoms. The molecule has 0 spiro atoms. The van der Waals surface area contributed by atoms with Crippen molar-refractivity contribution in [2.45, 2.75) is 16.7 Å². The average molecular weight is 276 g/mol. The van der Waals surface area contributed by atoms with E-state index in [9.17, 15) is 13.2 Å². The third-order valence-electron chi connectivity index (χ3n) is 2.45. The van der Waals surface area contributed by atoms with Crippen molar-refractivity contribution in [2.75, 3.05) is 0 Å². The Balaban J connectivity index is 2.35. The van der Waals surface area contributed by atoms with E-state index in [1.807, 2.05) is 0 Å². The molecular formula is C14H12O4S. The molecule has 2 aromatic rings. The van der Waals surface area contributed by atoms with Crippen molar-refractivity contribution in [1.82, 2.24) is 0 Å². The topological polar surface area (TPSA) is 60.4 Å². The summed E-state index contributed by atoms with van der Waals surface area (Å²) in [5.41, 5.74) is 0. The van der Waals surface area contributed by atoms with E-state index in [0.29, 0.717) is 5.75 Å². The van der Waals surface area contributed by atoms with Crippen LogP contribution >= 0.6 is 0 Å². The van der Waals surface area contributed by atoms with Gasteiger partial charge in [-0.05, 0) is 36.4 Å². The molecule has 0 fully saturated rings. The van der Waals surface area contributed by atoms with E-state index < -0.39 is 15.8 Å². The molecule has 0 amide bonds. The van der Waals surface area contributed by atoms with Crippen LogP contribution in [0.4, 0.5) is 0 Å². The minimum Gasteiger partial charge on any atom is -0.427 e. The zero-order valence-electron chi connectivity index (χ0n) is 10.2. The van der Waals surface area contributed by atoms with Gasteiger partial charge in [-0.2, -0.15) is 0 Å². The van der Waals surface area contributed by atoms with E-state index in [4.69, 9.17) is 4.74 Å². The van der Waals surface area contributed by atoms with Crippen molar-refractivity contribution in [3.8, 4) is 5.75 Å². The third kappa shape index (κ3) is 3.00.